The molecule has 1 fully saturated rings. The van der Waals surface area contributed by atoms with E-state index in [1.807, 2.05) is 0 Å². The molecule has 0 heterocycles. The summed E-state index contributed by atoms with van der Waals surface area (Å²) in [5.41, 5.74) is 0.900. The molecule has 4 heteroatoms. The van der Waals surface area contributed by atoms with E-state index in [9.17, 15) is 5.11 Å². The maximum Gasteiger partial charge on any atom is 0.119 e. The molecule has 1 aromatic rings. The van der Waals surface area contributed by atoms with Crippen LogP contribution in [-0.4, -0.2) is 30.4 Å². The van der Waals surface area contributed by atoms with Gasteiger partial charge in [0.1, 0.15) is 18.5 Å². The number of nitrogens with zero attached hydrogens (tertiary/aromatic N) is 1. The van der Waals surface area contributed by atoms with Crippen molar-refractivity contribution in [3.8, 4) is 11.8 Å². The van der Waals surface area contributed by atoms with Crippen molar-refractivity contribution >= 4 is 0 Å². The summed E-state index contributed by atoms with van der Waals surface area (Å²) in [4.78, 5) is 0. The molecular weight excluding hydrogens is 300 g/mol. The molecule has 0 amide bonds. The zero-order valence-electron chi connectivity index (χ0n) is 15.1. The van der Waals surface area contributed by atoms with E-state index >= 15 is 0 Å². The Kier molecular flexibility index (Phi) is 6.65. The number of benzene rings is 1. The van der Waals surface area contributed by atoms with Crippen molar-refractivity contribution in [1.29, 1.82) is 5.26 Å². The quantitative estimate of drug-likeness (QED) is 0.838. The van der Waals surface area contributed by atoms with Gasteiger partial charge in [0, 0.05) is 12.6 Å². The Morgan fingerprint density at radius 1 is 1.25 bits per heavy atom. The number of rotatable bonds is 6. The van der Waals surface area contributed by atoms with Crippen molar-refractivity contribution in [2.75, 3.05) is 13.2 Å². The van der Waals surface area contributed by atoms with Crippen molar-refractivity contribution < 1.29 is 9.84 Å². The van der Waals surface area contributed by atoms with E-state index in [4.69, 9.17) is 10.00 Å². The second-order valence-electron chi connectivity index (χ2n) is 7.87. The van der Waals surface area contributed by atoms with Crippen molar-refractivity contribution in [2.45, 2.75) is 58.6 Å². The number of aliphatic hydroxyl groups is 1. The summed E-state index contributed by atoms with van der Waals surface area (Å²) in [7, 11) is 0. The Morgan fingerprint density at radius 2 is 1.92 bits per heavy atom. The average molecular weight is 330 g/mol. The molecule has 1 aliphatic carbocycles. The minimum Gasteiger partial charge on any atom is -0.491 e. The van der Waals surface area contributed by atoms with Gasteiger partial charge in [-0.2, -0.15) is 5.26 Å². The van der Waals surface area contributed by atoms with E-state index in [2.05, 4.69) is 32.2 Å². The van der Waals surface area contributed by atoms with Crippen LogP contribution in [0.4, 0.5) is 0 Å². The molecule has 0 radical (unpaired) electrons. The molecule has 0 saturated heterocycles. The molecule has 0 spiro atoms. The summed E-state index contributed by atoms with van der Waals surface area (Å²) in [5.74, 6) is 1.33. The highest BCUT2D eigenvalue weighted by Gasteiger charge is 2.33. The van der Waals surface area contributed by atoms with Crippen LogP contribution in [0.25, 0.3) is 0 Å². The van der Waals surface area contributed by atoms with Gasteiger partial charge in [-0.15, -0.1) is 0 Å². The van der Waals surface area contributed by atoms with Gasteiger partial charge in [-0.25, -0.2) is 0 Å². The number of aliphatic hydroxyl groups excluding tert-OH is 1. The lowest BCUT2D eigenvalue weighted by atomic mass is 9.69. The smallest absolute Gasteiger partial charge is 0.119 e. The van der Waals surface area contributed by atoms with Crippen LogP contribution in [0.15, 0.2) is 24.3 Å². The van der Waals surface area contributed by atoms with Crippen molar-refractivity contribution in [2.24, 2.45) is 11.3 Å². The van der Waals surface area contributed by atoms with E-state index in [0.717, 1.165) is 0 Å². The van der Waals surface area contributed by atoms with Crippen LogP contribution in [0.5, 0.6) is 5.75 Å². The standard InChI is InChI=1S/C20H30N2O2/c1-20(2,3)18-6-4-5-7-19(18)22-13-16(23)14-24-17-10-8-15(12-21)9-11-17/h8-11,16,18-19,22-23H,4-7,13-14H2,1-3H3. The van der Waals surface area contributed by atoms with Crippen LogP contribution in [0.1, 0.15) is 52.0 Å². The topological polar surface area (TPSA) is 65.3 Å². The molecule has 1 saturated carbocycles. The number of hydrogen-bond acceptors (Lipinski definition) is 4. The molecule has 0 aliphatic heterocycles. The summed E-state index contributed by atoms with van der Waals surface area (Å²) in [6.07, 6.45) is 4.49. The minimum atomic E-state index is -0.539. The molecule has 0 aromatic heterocycles. The van der Waals surface area contributed by atoms with Crippen LogP contribution in [-0.2, 0) is 0 Å². The Balaban J connectivity index is 1.77. The van der Waals surface area contributed by atoms with Crippen molar-refractivity contribution in [1.82, 2.24) is 5.32 Å². The van der Waals surface area contributed by atoms with Gasteiger partial charge in [0.15, 0.2) is 0 Å². The SMILES string of the molecule is CC(C)(C)C1CCCCC1NCC(O)COc1ccc(C#N)cc1. The van der Waals surface area contributed by atoms with Gasteiger partial charge in [-0.05, 0) is 48.4 Å². The highest BCUT2D eigenvalue weighted by atomic mass is 16.5. The molecule has 1 aromatic carbocycles. The van der Waals surface area contributed by atoms with Crippen LogP contribution in [0, 0.1) is 22.7 Å². The normalized spacial score (nSPS) is 22.6. The van der Waals surface area contributed by atoms with Gasteiger partial charge in [0.05, 0.1) is 11.6 Å². The largest absolute Gasteiger partial charge is 0.491 e. The predicted octanol–water partition coefficient (Wildman–Crippen LogP) is 3.49. The average Bonchev–Trinajstić information content (AvgIpc) is 2.58. The highest BCUT2D eigenvalue weighted by molar-refractivity contribution is 5.34. The zero-order valence-corrected chi connectivity index (χ0v) is 15.1. The summed E-state index contributed by atoms with van der Waals surface area (Å²) >= 11 is 0. The first-order chi connectivity index (χ1) is 11.4. The first-order valence-corrected chi connectivity index (χ1v) is 8.94. The van der Waals surface area contributed by atoms with Crippen molar-refractivity contribution in [3.05, 3.63) is 29.8 Å². The van der Waals surface area contributed by atoms with Gasteiger partial charge < -0.3 is 15.2 Å². The molecule has 24 heavy (non-hydrogen) atoms. The van der Waals surface area contributed by atoms with E-state index < -0.39 is 6.10 Å². The van der Waals surface area contributed by atoms with Gasteiger partial charge in [-0.1, -0.05) is 33.6 Å². The fourth-order valence-electron chi connectivity index (χ4n) is 3.58. The van der Waals surface area contributed by atoms with E-state index in [1.165, 1.54) is 25.7 Å². The monoisotopic (exact) mass is 330 g/mol. The molecule has 1 aliphatic rings. The Labute approximate surface area is 145 Å². The second kappa shape index (κ2) is 8.50. The third-order valence-corrected chi connectivity index (χ3v) is 4.92. The fourth-order valence-corrected chi connectivity index (χ4v) is 3.58. The lowest BCUT2D eigenvalue weighted by Gasteiger charge is -2.41. The Hall–Kier alpha value is -1.57. The minimum absolute atomic E-state index is 0.256. The molecule has 132 valence electrons. The van der Waals surface area contributed by atoms with Gasteiger partial charge in [-0.3, -0.25) is 0 Å². The third kappa shape index (κ3) is 5.51. The van der Waals surface area contributed by atoms with Crippen LogP contribution in [0.3, 0.4) is 0 Å². The molecule has 4 nitrogen and oxygen atoms in total. The van der Waals surface area contributed by atoms with Crippen LogP contribution in [0.2, 0.25) is 0 Å². The number of nitriles is 1. The molecule has 3 atom stereocenters. The molecule has 3 unspecified atom stereocenters. The maximum absolute atomic E-state index is 10.2. The zero-order chi connectivity index (χ0) is 17.6. The van der Waals surface area contributed by atoms with E-state index in [1.54, 1.807) is 24.3 Å². The van der Waals surface area contributed by atoms with Crippen LogP contribution < -0.4 is 10.1 Å². The molecule has 0 bridgehead atoms. The Morgan fingerprint density at radius 3 is 2.54 bits per heavy atom. The maximum atomic E-state index is 10.2. The summed E-state index contributed by atoms with van der Waals surface area (Å²) in [6, 6.07) is 9.51. The van der Waals surface area contributed by atoms with Crippen molar-refractivity contribution in [3.63, 3.8) is 0 Å². The summed E-state index contributed by atoms with van der Waals surface area (Å²) in [5, 5.41) is 22.5. The van der Waals surface area contributed by atoms with E-state index in [-0.39, 0.29) is 6.61 Å². The van der Waals surface area contributed by atoms with Gasteiger partial charge in [0.25, 0.3) is 0 Å². The predicted molar refractivity (Wildman–Crippen MR) is 95.9 cm³/mol. The summed E-state index contributed by atoms with van der Waals surface area (Å²) < 4.78 is 5.60. The number of hydrogen-bond donors (Lipinski definition) is 2. The van der Waals surface area contributed by atoms with Crippen LogP contribution >= 0.6 is 0 Å². The molecule has 2 N–H and O–H groups in total. The number of ether oxygens (including phenoxy) is 1. The first-order valence-electron chi connectivity index (χ1n) is 8.94. The Bertz CT molecular complexity index is 542. The molecular formula is C20H30N2O2. The second-order valence-corrected chi connectivity index (χ2v) is 7.87. The third-order valence-electron chi connectivity index (χ3n) is 4.92. The lowest BCUT2D eigenvalue weighted by Crippen LogP contribution is -2.47. The van der Waals surface area contributed by atoms with E-state index in [0.29, 0.717) is 35.2 Å². The highest BCUT2D eigenvalue weighted by Crippen LogP contribution is 2.37. The lowest BCUT2D eigenvalue weighted by molar-refractivity contribution is 0.0828. The molecule has 2 rings (SSSR count). The fraction of sp³-hybridized carbons (Fsp3) is 0.650. The summed E-state index contributed by atoms with van der Waals surface area (Å²) in [6.45, 7) is 7.73. The van der Waals surface area contributed by atoms with Gasteiger partial charge >= 0.3 is 0 Å². The first kappa shape index (κ1) is 18.8. The number of nitrogens with one attached hydrogen (secondary N) is 1. The van der Waals surface area contributed by atoms with Gasteiger partial charge in [0.2, 0.25) is 0 Å².